The minimum absolute atomic E-state index is 0.109. The Morgan fingerprint density at radius 1 is 1.20 bits per heavy atom. The summed E-state index contributed by atoms with van der Waals surface area (Å²) in [6.45, 7) is 1.56. The molecular weight excluding hydrogens is 258 g/mol. The van der Waals surface area contributed by atoms with Gasteiger partial charge in [0.2, 0.25) is 0 Å². The topological polar surface area (TPSA) is 72.9 Å². The average Bonchev–Trinajstić information content (AvgIpc) is 2.75. The minimum atomic E-state index is -1.17. The van der Waals surface area contributed by atoms with Crippen molar-refractivity contribution in [1.82, 2.24) is 10.2 Å². The molecule has 2 aliphatic heterocycles. The molecule has 1 spiro atoms. The van der Waals surface area contributed by atoms with Crippen LogP contribution >= 0.6 is 0 Å². The lowest BCUT2D eigenvalue weighted by Crippen LogP contribution is -2.55. The Bertz CT molecular complexity index is 526. The number of nitrogens with zero attached hydrogens (tertiary/aromatic N) is 2. The molecule has 0 saturated carbocycles. The molecule has 0 aliphatic carbocycles. The SMILES string of the molecule is O=C(O)N1CN(c2ccccc2)C2(CCNCC2)C1=O. The predicted molar refractivity (Wildman–Crippen MR) is 73.5 cm³/mol. The second kappa shape index (κ2) is 4.79. The van der Waals surface area contributed by atoms with Crippen molar-refractivity contribution in [2.24, 2.45) is 0 Å². The molecule has 1 aromatic rings. The van der Waals surface area contributed by atoms with E-state index in [1.54, 1.807) is 0 Å². The van der Waals surface area contributed by atoms with E-state index in [2.05, 4.69) is 5.32 Å². The molecule has 2 heterocycles. The largest absolute Gasteiger partial charge is 0.465 e. The van der Waals surface area contributed by atoms with Crippen molar-refractivity contribution in [3.05, 3.63) is 30.3 Å². The molecule has 0 bridgehead atoms. The molecule has 2 N–H and O–H groups in total. The summed E-state index contributed by atoms with van der Waals surface area (Å²) in [5, 5.41) is 12.5. The maximum Gasteiger partial charge on any atom is 0.415 e. The number of hydrogen-bond donors (Lipinski definition) is 2. The standard InChI is InChI=1S/C14H17N3O3/c18-12-14(6-8-15-9-7-14)17(10-16(12)13(19)20)11-4-2-1-3-5-11/h1-5,15H,6-10H2,(H,19,20). The summed E-state index contributed by atoms with van der Waals surface area (Å²) in [4.78, 5) is 26.7. The molecule has 106 valence electrons. The monoisotopic (exact) mass is 275 g/mol. The highest BCUT2D eigenvalue weighted by atomic mass is 16.4. The van der Waals surface area contributed by atoms with Gasteiger partial charge in [-0.25, -0.2) is 9.69 Å². The van der Waals surface area contributed by atoms with E-state index in [-0.39, 0.29) is 12.6 Å². The van der Waals surface area contributed by atoms with Crippen molar-refractivity contribution in [2.45, 2.75) is 18.4 Å². The molecule has 0 radical (unpaired) electrons. The Balaban J connectivity index is 2.02. The molecule has 2 amide bonds. The third-order valence-corrected chi connectivity index (χ3v) is 4.17. The van der Waals surface area contributed by atoms with E-state index in [4.69, 9.17) is 0 Å². The van der Waals surface area contributed by atoms with Crippen molar-refractivity contribution < 1.29 is 14.7 Å². The van der Waals surface area contributed by atoms with Crippen LogP contribution in [0.2, 0.25) is 0 Å². The van der Waals surface area contributed by atoms with E-state index >= 15 is 0 Å². The van der Waals surface area contributed by atoms with Crippen LogP contribution in [0.25, 0.3) is 0 Å². The lowest BCUT2D eigenvalue weighted by atomic mass is 9.86. The zero-order chi connectivity index (χ0) is 14.2. The molecule has 0 unspecified atom stereocenters. The second-order valence-electron chi connectivity index (χ2n) is 5.20. The number of carbonyl (C=O) groups excluding carboxylic acids is 1. The molecule has 0 aromatic heterocycles. The Morgan fingerprint density at radius 3 is 2.45 bits per heavy atom. The molecule has 6 nitrogen and oxygen atoms in total. The van der Waals surface area contributed by atoms with Crippen molar-refractivity contribution in [2.75, 3.05) is 24.7 Å². The van der Waals surface area contributed by atoms with Crippen LogP contribution in [0.1, 0.15) is 12.8 Å². The first-order valence-electron chi connectivity index (χ1n) is 6.73. The highest BCUT2D eigenvalue weighted by Crippen LogP contribution is 2.37. The van der Waals surface area contributed by atoms with E-state index in [0.29, 0.717) is 12.8 Å². The fourth-order valence-corrected chi connectivity index (χ4v) is 3.12. The Morgan fingerprint density at radius 2 is 1.85 bits per heavy atom. The second-order valence-corrected chi connectivity index (χ2v) is 5.20. The molecule has 2 fully saturated rings. The number of hydrogen-bond acceptors (Lipinski definition) is 4. The number of carbonyl (C=O) groups is 2. The smallest absolute Gasteiger partial charge is 0.415 e. The zero-order valence-corrected chi connectivity index (χ0v) is 11.1. The summed E-state index contributed by atoms with van der Waals surface area (Å²) in [7, 11) is 0. The van der Waals surface area contributed by atoms with E-state index in [1.807, 2.05) is 35.2 Å². The van der Waals surface area contributed by atoms with Gasteiger partial charge in [0, 0.05) is 5.69 Å². The highest BCUT2D eigenvalue weighted by molar-refractivity contribution is 6.02. The van der Waals surface area contributed by atoms with Crippen molar-refractivity contribution in [3.63, 3.8) is 0 Å². The maximum atomic E-state index is 12.6. The first-order chi connectivity index (χ1) is 9.65. The van der Waals surface area contributed by atoms with E-state index < -0.39 is 11.6 Å². The van der Waals surface area contributed by atoms with Crippen LogP contribution in [-0.4, -0.2) is 47.3 Å². The molecule has 6 heteroatoms. The lowest BCUT2D eigenvalue weighted by Gasteiger charge is -2.39. The lowest BCUT2D eigenvalue weighted by molar-refractivity contribution is -0.131. The van der Waals surface area contributed by atoms with Crippen molar-refractivity contribution >= 4 is 17.7 Å². The van der Waals surface area contributed by atoms with Gasteiger partial charge in [0.15, 0.2) is 0 Å². The van der Waals surface area contributed by atoms with Gasteiger partial charge < -0.3 is 15.3 Å². The fraction of sp³-hybridized carbons (Fsp3) is 0.429. The molecule has 1 aromatic carbocycles. The van der Waals surface area contributed by atoms with Gasteiger partial charge >= 0.3 is 6.09 Å². The van der Waals surface area contributed by atoms with Crippen LogP contribution in [-0.2, 0) is 4.79 Å². The summed E-state index contributed by atoms with van der Waals surface area (Å²) in [5.74, 6) is -0.296. The van der Waals surface area contributed by atoms with Gasteiger partial charge in [0.1, 0.15) is 12.2 Å². The van der Waals surface area contributed by atoms with Crippen LogP contribution in [0.4, 0.5) is 10.5 Å². The van der Waals surface area contributed by atoms with Gasteiger partial charge in [0.05, 0.1) is 0 Å². The number of piperidine rings is 1. The molecule has 3 rings (SSSR count). The zero-order valence-electron chi connectivity index (χ0n) is 11.1. The normalized spacial score (nSPS) is 21.5. The van der Waals surface area contributed by atoms with Crippen LogP contribution in [0.15, 0.2) is 30.3 Å². The Labute approximate surface area is 117 Å². The Hall–Kier alpha value is -2.08. The van der Waals surface area contributed by atoms with Gasteiger partial charge in [-0.15, -0.1) is 0 Å². The van der Waals surface area contributed by atoms with Gasteiger partial charge in [-0.2, -0.15) is 0 Å². The maximum absolute atomic E-state index is 12.6. The highest BCUT2D eigenvalue weighted by Gasteiger charge is 2.54. The quantitative estimate of drug-likeness (QED) is 0.802. The average molecular weight is 275 g/mol. The van der Waals surface area contributed by atoms with Crippen LogP contribution in [0.3, 0.4) is 0 Å². The number of imide groups is 1. The fourth-order valence-electron chi connectivity index (χ4n) is 3.12. The summed E-state index contributed by atoms with van der Waals surface area (Å²) in [6, 6.07) is 9.55. The predicted octanol–water partition coefficient (Wildman–Crippen LogP) is 1.09. The van der Waals surface area contributed by atoms with Crippen molar-refractivity contribution in [3.8, 4) is 0 Å². The molecule has 2 saturated heterocycles. The van der Waals surface area contributed by atoms with E-state index in [0.717, 1.165) is 23.7 Å². The third-order valence-electron chi connectivity index (χ3n) is 4.17. The summed E-state index contributed by atoms with van der Waals surface area (Å²) in [6.07, 6.45) is 0.0843. The summed E-state index contributed by atoms with van der Waals surface area (Å²) in [5.41, 5.74) is 0.178. The van der Waals surface area contributed by atoms with Crippen LogP contribution in [0, 0.1) is 0 Å². The van der Waals surface area contributed by atoms with Crippen LogP contribution in [0.5, 0.6) is 0 Å². The molecular formula is C14H17N3O3. The van der Waals surface area contributed by atoms with Crippen LogP contribution < -0.4 is 10.2 Å². The number of anilines is 1. The number of amides is 2. The third kappa shape index (κ3) is 1.84. The number of benzene rings is 1. The number of para-hydroxylation sites is 1. The van der Waals surface area contributed by atoms with E-state index in [9.17, 15) is 14.7 Å². The van der Waals surface area contributed by atoms with Crippen molar-refractivity contribution in [1.29, 1.82) is 0 Å². The van der Waals surface area contributed by atoms with E-state index in [1.165, 1.54) is 0 Å². The Kier molecular flexibility index (Phi) is 3.10. The first-order valence-corrected chi connectivity index (χ1v) is 6.73. The minimum Gasteiger partial charge on any atom is -0.465 e. The van der Waals surface area contributed by atoms with Gasteiger partial charge in [-0.3, -0.25) is 4.79 Å². The first kappa shape index (κ1) is 12.9. The molecule has 2 aliphatic rings. The van der Waals surface area contributed by atoms with Gasteiger partial charge in [0.25, 0.3) is 5.91 Å². The molecule has 20 heavy (non-hydrogen) atoms. The molecule has 0 atom stereocenters. The summed E-state index contributed by atoms with van der Waals surface area (Å²) >= 11 is 0. The van der Waals surface area contributed by atoms with Gasteiger partial charge in [-0.1, -0.05) is 18.2 Å². The number of carboxylic acid groups (broad SMARTS) is 1. The van der Waals surface area contributed by atoms with Gasteiger partial charge in [-0.05, 0) is 38.1 Å². The summed E-state index contributed by atoms with van der Waals surface area (Å²) < 4.78 is 0. The number of nitrogens with one attached hydrogen (secondary N) is 1. The number of rotatable bonds is 1.